The largest absolute Gasteiger partial charge is 0.465 e. The van der Waals surface area contributed by atoms with Gasteiger partial charge in [0, 0.05) is 23.5 Å². The van der Waals surface area contributed by atoms with Crippen LogP contribution in [0, 0.1) is 0 Å². The first-order chi connectivity index (χ1) is 13.2. The number of aromatic nitrogens is 1. The van der Waals surface area contributed by atoms with Crippen LogP contribution in [0.4, 0.5) is 0 Å². The minimum absolute atomic E-state index is 0.115. The summed E-state index contributed by atoms with van der Waals surface area (Å²) in [4.78, 5) is 29.3. The first-order valence-corrected chi connectivity index (χ1v) is 8.26. The lowest BCUT2D eigenvalue weighted by Crippen LogP contribution is -2.12. The molecule has 3 aromatic rings. The van der Waals surface area contributed by atoms with Crippen molar-refractivity contribution in [3.05, 3.63) is 102 Å². The fourth-order valence-corrected chi connectivity index (χ4v) is 2.52. The molecule has 0 unspecified atom stereocenters. The summed E-state index contributed by atoms with van der Waals surface area (Å²) in [6.45, 7) is 0. The van der Waals surface area contributed by atoms with E-state index < -0.39 is 11.9 Å². The summed E-state index contributed by atoms with van der Waals surface area (Å²) >= 11 is 0. The molecule has 0 saturated carbocycles. The number of carbonyl (C=O) groups excluding carboxylic acids is 2. The Bertz CT molecular complexity index is 951. The Hall–Kier alpha value is -3.73. The van der Waals surface area contributed by atoms with E-state index in [-0.39, 0.29) is 11.3 Å². The highest BCUT2D eigenvalue weighted by atomic mass is 16.5. The fraction of sp³-hybridized carbons (Fsp3) is 0.0455. The van der Waals surface area contributed by atoms with Crippen LogP contribution in [-0.4, -0.2) is 24.0 Å². The smallest absolute Gasteiger partial charge is 0.343 e. The van der Waals surface area contributed by atoms with Crippen molar-refractivity contribution in [3.8, 4) is 0 Å². The number of hydrogen-bond acceptors (Lipinski definition) is 5. The SMILES string of the molecule is COC(=O)C(=C(OC(=O)c1ccccc1)c1ccccc1)c1cccnc1. The van der Waals surface area contributed by atoms with Gasteiger partial charge in [-0.1, -0.05) is 54.6 Å². The van der Waals surface area contributed by atoms with Gasteiger partial charge in [0.05, 0.1) is 12.7 Å². The van der Waals surface area contributed by atoms with Crippen LogP contribution >= 0.6 is 0 Å². The van der Waals surface area contributed by atoms with Crippen molar-refractivity contribution < 1.29 is 19.1 Å². The van der Waals surface area contributed by atoms with Gasteiger partial charge < -0.3 is 9.47 Å². The second-order valence-electron chi connectivity index (χ2n) is 5.56. The lowest BCUT2D eigenvalue weighted by atomic mass is 10.0. The van der Waals surface area contributed by atoms with Crippen molar-refractivity contribution in [2.45, 2.75) is 0 Å². The molecule has 0 aliphatic carbocycles. The minimum atomic E-state index is -0.622. The molecule has 0 aliphatic rings. The Balaban J connectivity index is 2.16. The van der Waals surface area contributed by atoms with Gasteiger partial charge in [0.2, 0.25) is 0 Å². The predicted molar refractivity (Wildman–Crippen MR) is 101 cm³/mol. The molecule has 3 rings (SSSR count). The average molecular weight is 359 g/mol. The monoisotopic (exact) mass is 359 g/mol. The molecule has 27 heavy (non-hydrogen) atoms. The van der Waals surface area contributed by atoms with Crippen molar-refractivity contribution in [2.75, 3.05) is 7.11 Å². The second-order valence-corrected chi connectivity index (χ2v) is 5.56. The molecular formula is C22H17NO4. The minimum Gasteiger partial charge on any atom is -0.465 e. The number of pyridine rings is 1. The van der Waals surface area contributed by atoms with Gasteiger partial charge in [-0.2, -0.15) is 0 Å². The van der Waals surface area contributed by atoms with E-state index in [1.165, 1.54) is 13.3 Å². The van der Waals surface area contributed by atoms with Crippen LogP contribution in [-0.2, 0) is 14.3 Å². The molecule has 0 radical (unpaired) electrons. The molecule has 0 spiro atoms. The molecule has 0 bridgehead atoms. The fourth-order valence-electron chi connectivity index (χ4n) is 2.52. The summed E-state index contributed by atoms with van der Waals surface area (Å²) in [5, 5.41) is 0. The van der Waals surface area contributed by atoms with Crippen LogP contribution in [0.25, 0.3) is 11.3 Å². The zero-order chi connectivity index (χ0) is 19.1. The predicted octanol–water partition coefficient (Wildman–Crippen LogP) is 3.98. The summed E-state index contributed by atoms with van der Waals surface area (Å²) in [7, 11) is 1.28. The number of carbonyl (C=O) groups is 2. The number of rotatable bonds is 5. The molecule has 5 heteroatoms. The number of benzene rings is 2. The number of methoxy groups -OCH3 is 1. The van der Waals surface area contributed by atoms with Gasteiger partial charge in [0.25, 0.3) is 0 Å². The molecule has 0 atom stereocenters. The quantitative estimate of drug-likeness (QED) is 0.392. The van der Waals surface area contributed by atoms with E-state index in [1.54, 1.807) is 72.9 Å². The molecule has 1 heterocycles. The lowest BCUT2D eigenvalue weighted by molar-refractivity contribution is -0.133. The Morgan fingerprint density at radius 1 is 0.778 bits per heavy atom. The molecular weight excluding hydrogens is 342 g/mol. The molecule has 0 amide bonds. The zero-order valence-corrected chi connectivity index (χ0v) is 14.7. The van der Waals surface area contributed by atoms with E-state index in [1.807, 2.05) is 6.07 Å². The van der Waals surface area contributed by atoms with Crippen molar-refractivity contribution >= 4 is 23.3 Å². The summed E-state index contributed by atoms with van der Waals surface area (Å²) < 4.78 is 10.6. The number of nitrogens with zero attached hydrogens (tertiary/aromatic N) is 1. The number of ether oxygens (including phenoxy) is 2. The van der Waals surface area contributed by atoms with E-state index in [0.717, 1.165) is 0 Å². The Labute approximate surface area is 156 Å². The maximum absolute atomic E-state index is 12.7. The number of hydrogen-bond donors (Lipinski definition) is 0. The highest BCUT2D eigenvalue weighted by Gasteiger charge is 2.24. The molecule has 2 aromatic carbocycles. The maximum atomic E-state index is 12.7. The van der Waals surface area contributed by atoms with Gasteiger partial charge in [-0.05, 0) is 18.2 Å². The van der Waals surface area contributed by atoms with Crippen LogP contribution in [0.1, 0.15) is 21.5 Å². The van der Waals surface area contributed by atoms with Crippen molar-refractivity contribution in [1.29, 1.82) is 0 Å². The van der Waals surface area contributed by atoms with E-state index >= 15 is 0 Å². The van der Waals surface area contributed by atoms with E-state index in [2.05, 4.69) is 4.98 Å². The lowest BCUT2D eigenvalue weighted by Gasteiger charge is -2.15. The number of esters is 2. The van der Waals surface area contributed by atoms with Crippen molar-refractivity contribution in [1.82, 2.24) is 4.98 Å². The molecule has 0 fully saturated rings. The Kier molecular flexibility index (Phi) is 5.74. The third-order valence-electron chi connectivity index (χ3n) is 3.81. The van der Waals surface area contributed by atoms with Gasteiger partial charge in [-0.25, -0.2) is 9.59 Å². The Morgan fingerprint density at radius 2 is 1.37 bits per heavy atom. The second kappa shape index (κ2) is 8.58. The van der Waals surface area contributed by atoms with Crippen LogP contribution in [0.15, 0.2) is 85.2 Å². The van der Waals surface area contributed by atoms with E-state index in [0.29, 0.717) is 16.7 Å². The summed E-state index contributed by atoms with van der Waals surface area (Å²) in [6, 6.07) is 20.9. The summed E-state index contributed by atoms with van der Waals surface area (Å²) in [5.74, 6) is -1.08. The normalized spacial score (nSPS) is 11.3. The highest BCUT2D eigenvalue weighted by Crippen LogP contribution is 2.29. The third-order valence-corrected chi connectivity index (χ3v) is 3.81. The molecule has 134 valence electrons. The van der Waals surface area contributed by atoms with Crippen LogP contribution in [0.5, 0.6) is 0 Å². The standard InChI is InChI=1S/C22H17NO4/c1-26-22(25)19(18-13-8-14-23-15-18)20(16-9-4-2-5-10-16)27-21(24)17-11-6-3-7-12-17/h2-15H,1H3. The Morgan fingerprint density at radius 3 is 1.93 bits per heavy atom. The third kappa shape index (κ3) is 4.27. The van der Waals surface area contributed by atoms with E-state index in [4.69, 9.17) is 9.47 Å². The zero-order valence-electron chi connectivity index (χ0n) is 14.7. The van der Waals surface area contributed by atoms with E-state index in [9.17, 15) is 9.59 Å². The summed E-state index contributed by atoms with van der Waals surface area (Å²) in [6.07, 6.45) is 3.11. The highest BCUT2D eigenvalue weighted by molar-refractivity contribution is 6.24. The van der Waals surface area contributed by atoms with Crippen LogP contribution in [0.2, 0.25) is 0 Å². The van der Waals surface area contributed by atoms with Gasteiger partial charge in [-0.15, -0.1) is 0 Å². The van der Waals surface area contributed by atoms with Crippen molar-refractivity contribution in [3.63, 3.8) is 0 Å². The maximum Gasteiger partial charge on any atom is 0.343 e. The molecule has 1 aromatic heterocycles. The molecule has 5 nitrogen and oxygen atoms in total. The summed E-state index contributed by atoms with van der Waals surface area (Å²) in [5.41, 5.74) is 1.57. The van der Waals surface area contributed by atoms with Gasteiger partial charge in [0.15, 0.2) is 5.76 Å². The molecule has 0 saturated heterocycles. The molecule has 0 aliphatic heterocycles. The molecule has 0 N–H and O–H groups in total. The van der Waals surface area contributed by atoms with Gasteiger partial charge in [0.1, 0.15) is 5.57 Å². The van der Waals surface area contributed by atoms with Gasteiger partial charge in [-0.3, -0.25) is 4.98 Å². The topological polar surface area (TPSA) is 65.5 Å². The van der Waals surface area contributed by atoms with Crippen LogP contribution in [0.3, 0.4) is 0 Å². The van der Waals surface area contributed by atoms with Crippen molar-refractivity contribution in [2.24, 2.45) is 0 Å². The van der Waals surface area contributed by atoms with Crippen LogP contribution < -0.4 is 0 Å². The first kappa shape index (κ1) is 18.1. The van der Waals surface area contributed by atoms with Gasteiger partial charge >= 0.3 is 11.9 Å². The first-order valence-electron chi connectivity index (χ1n) is 8.26. The average Bonchev–Trinajstić information content (AvgIpc) is 2.75.